The van der Waals surface area contributed by atoms with E-state index in [-0.39, 0.29) is 12.3 Å². The maximum absolute atomic E-state index is 12.4. The summed E-state index contributed by atoms with van der Waals surface area (Å²) in [6.07, 6.45) is 0.985. The zero-order valence-electron chi connectivity index (χ0n) is 13.6. The van der Waals surface area contributed by atoms with E-state index in [1.807, 2.05) is 0 Å². The third-order valence-electron chi connectivity index (χ3n) is 3.83. The second-order valence-corrected chi connectivity index (χ2v) is 5.76. The van der Waals surface area contributed by atoms with Crippen LogP contribution in [0.2, 0.25) is 0 Å². The molecule has 1 saturated carbocycles. The van der Waals surface area contributed by atoms with Gasteiger partial charge in [0.1, 0.15) is 11.5 Å². The van der Waals surface area contributed by atoms with Crippen LogP contribution in [0.15, 0.2) is 30.3 Å². The molecule has 118 valence electrons. The normalized spacial score (nSPS) is 17.1. The first kappa shape index (κ1) is 14.6. The van der Waals surface area contributed by atoms with Gasteiger partial charge in [-0.25, -0.2) is 4.79 Å². The molecule has 22 heavy (non-hydrogen) atoms. The molecule has 1 fully saturated rings. The third kappa shape index (κ3) is 3.27. The highest BCUT2D eigenvalue weighted by Gasteiger charge is 2.57. The molecule has 0 unspecified atom stereocenters. The zero-order valence-corrected chi connectivity index (χ0v) is 12.6. The van der Waals surface area contributed by atoms with Gasteiger partial charge in [-0.2, -0.15) is 0 Å². The van der Waals surface area contributed by atoms with Crippen LogP contribution in [0.5, 0.6) is 0 Å². The molecule has 2 amide bonds. The lowest BCUT2D eigenvalue weighted by molar-refractivity contribution is -0.147. The van der Waals surface area contributed by atoms with Gasteiger partial charge in [0.05, 0.1) is 1.37 Å². The SMILES string of the molecule is [2H]c1ccc(C[C@H](NC(=O)C2(C(=O)N(C)C)CC2)C(=O)O)cc1. The van der Waals surface area contributed by atoms with Crippen LogP contribution < -0.4 is 5.32 Å². The van der Waals surface area contributed by atoms with Gasteiger partial charge in [0, 0.05) is 20.5 Å². The van der Waals surface area contributed by atoms with E-state index in [1.165, 1.54) is 4.90 Å². The van der Waals surface area contributed by atoms with Gasteiger partial charge in [0.25, 0.3) is 0 Å². The molecule has 6 nitrogen and oxygen atoms in total. The Labute approximate surface area is 130 Å². The Morgan fingerprint density at radius 3 is 2.41 bits per heavy atom. The number of aliphatic carboxylic acids is 1. The molecule has 0 bridgehead atoms. The van der Waals surface area contributed by atoms with E-state index in [4.69, 9.17) is 1.37 Å². The van der Waals surface area contributed by atoms with Crippen molar-refractivity contribution in [2.24, 2.45) is 5.41 Å². The molecule has 1 aliphatic rings. The van der Waals surface area contributed by atoms with Crippen LogP contribution in [-0.4, -0.2) is 47.9 Å². The number of carbonyl (C=O) groups excluding carboxylic acids is 2. The predicted octanol–water partition coefficient (Wildman–Crippen LogP) is 0.667. The van der Waals surface area contributed by atoms with Crippen molar-refractivity contribution in [2.45, 2.75) is 25.3 Å². The van der Waals surface area contributed by atoms with Crippen molar-refractivity contribution < 1.29 is 20.9 Å². The molecule has 0 heterocycles. The highest BCUT2D eigenvalue weighted by molar-refractivity contribution is 6.08. The summed E-state index contributed by atoms with van der Waals surface area (Å²) in [5.41, 5.74) is -0.403. The van der Waals surface area contributed by atoms with Crippen molar-refractivity contribution in [3.63, 3.8) is 0 Å². The van der Waals surface area contributed by atoms with Gasteiger partial charge in [-0.05, 0) is 18.4 Å². The standard InChI is InChI=1S/C16H20N2O4/c1-18(2)15(22)16(8-9-16)14(21)17-12(13(19)20)10-11-6-4-3-5-7-11/h3-7,12H,8-10H2,1-2H3,(H,17,21)(H,19,20)/t12-/m0/s1/i3D. The molecule has 0 spiro atoms. The first-order valence-corrected chi connectivity index (χ1v) is 7.07. The number of hydrogen-bond donors (Lipinski definition) is 2. The molecule has 1 aromatic rings. The van der Waals surface area contributed by atoms with Crippen LogP contribution in [-0.2, 0) is 20.8 Å². The van der Waals surface area contributed by atoms with Crippen LogP contribution in [0.1, 0.15) is 19.8 Å². The Kier molecular flexibility index (Phi) is 4.09. The van der Waals surface area contributed by atoms with Crippen molar-refractivity contribution in [3.8, 4) is 0 Å². The number of hydrogen-bond acceptors (Lipinski definition) is 3. The van der Waals surface area contributed by atoms with Crippen LogP contribution in [0.25, 0.3) is 0 Å². The molecule has 1 aromatic carbocycles. The summed E-state index contributed by atoms with van der Waals surface area (Å²) < 4.78 is 7.42. The Morgan fingerprint density at radius 1 is 1.36 bits per heavy atom. The first-order valence-electron chi connectivity index (χ1n) is 7.57. The Morgan fingerprint density at radius 2 is 1.95 bits per heavy atom. The summed E-state index contributed by atoms with van der Waals surface area (Å²) in [5, 5.41) is 11.8. The lowest BCUT2D eigenvalue weighted by atomic mass is 10.0. The fourth-order valence-electron chi connectivity index (χ4n) is 2.38. The van der Waals surface area contributed by atoms with E-state index in [1.54, 1.807) is 38.4 Å². The second kappa shape index (κ2) is 6.17. The van der Waals surface area contributed by atoms with Crippen molar-refractivity contribution in [2.75, 3.05) is 14.1 Å². The number of rotatable bonds is 6. The van der Waals surface area contributed by atoms with Crippen molar-refractivity contribution >= 4 is 17.8 Å². The lowest BCUT2D eigenvalue weighted by Gasteiger charge is -2.22. The Balaban J connectivity index is 2.08. The van der Waals surface area contributed by atoms with Gasteiger partial charge in [-0.15, -0.1) is 0 Å². The molecule has 1 aliphatic carbocycles. The molecule has 2 N–H and O–H groups in total. The molecular weight excluding hydrogens is 284 g/mol. The molecule has 0 aromatic heterocycles. The first-order chi connectivity index (χ1) is 10.8. The topological polar surface area (TPSA) is 86.7 Å². The average molecular weight is 305 g/mol. The van der Waals surface area contributed by atoms with Crippen molar-refractivity contribution in [3.05, 3.63) is 35.9 Å². The van der Waals surface area contributed by atoms with E-state index < -0.39 is 23.3 Å². The number of amides is 2. The van der Waals surface area contributed by atoms with Gasteiger partial charge in [0.2, 0.25) is 11.8 Å². The summed E-state index contributed by atoms with van der Waals surface area (Å²) in [7, 11) is 3.15. The number of carbonyl (C=O) groups is 3. The third-order valence-corrected chi connectivity index (χ3v) is 3.83. The van der Waals surface area contributed by atoms with Crippen molar-refractivity contribution in [1.82, 2.24) is 10.2 Å². The zero-order chi connectivity index (χ0) is 17.2. The minimum atomic E-state index is -1.15. The largest absolute Gasteiger partial charge is 0.480 e. The lowest BCUT2D eigenvalue weighted by Crippen LogP contribution is -2.49. The summed E-state index contributed by atoms with van der Waals surface area (Å²) in [4.78, 5) is 37.3. The van der Waals surface area contributed by atoms with Gasteiger partial charge < -0.3 is 15.3 Å². The molecule has 0 radical (unpaired) electrons. The van der Waals surface area contributed by atoms with E-state index in [2.05, 4.69) is 5.32 Å². The number of nitrogens with one attached hydrogen (secondary N) is 1. The quantitative estimate of drug-likeness (QED) is 0.756. The van der Waals surface area contributed by atoms with E-state index in [0.717, 1.165) is 0 Å². The number of carboxylic acids is 1. The minimum absolute atomic E-state index is 0.105. The van der Waals surface area contributed by atoms with Gasteiger partial charge >= 0.3 is 5.97 Å². The predicted molar refractivity (Wildman–Crippen MR) is 80.1 cm³/mol. The fourth-order valence-corrected chi connectivity index (χ4v) is 2.38. The van der Waals surface area contributed by atoms with Crippen LogP contribution in [0, 0.1) is 5.41 Å². The minimum Gasteiger partial charge on any atom is -0.480 e. The molecule has 0 aliphatic heterocycles. The van der Waals surface area contributed by atoms with E-state index in [0.29, 0.717) is 24.4 Å². The maximum Gasteiger partial charge on any atom is 0.326 e. The molecule has 2 rings (SSSR count). The number of carboxylic acid groups (broad SMARTS) is 1. The number of nitrogens with zero attached hydrogens (tertiary/aromatic N) is 1. The second-order valence-electron chi connectivity index (χ2n) is 5.76. The van der Waals surface area contributed by atoms with Crippen LogP contribution in [0.4, 0.5) is 0 Å². The van der Waals surface area contributed by atoms with Crippen LogP contribution in [0.3, 0.4) is 0 Å². The molecule has 6 heteroatoms. The Bertz CT molecular complexity index is 623. The van der Waals surface area contributed by atoms with E-state index >= 15 is 0 Å². The summed E-state index contributed by atoms with van der Waals surface area (Å²) in [6.45, 7) is 0. The molecule has 0 saturated heterocycles. The number of benzene rings is 1. The van der Waals surface area contributed by atoms with Crippen LogP contribution >= 0.6 is 0 Å². The highest BCUT2D eigenvalue weighted by Crippen LogP contribution is 2.47. The summed E-state index contributed by atoms with van der Waals surface area (Å²) in [5.74, 6) is -1.97. The van der Waals surface area contributed by atoms with Gasteiger partial charge in [-0.1, -0.05) is 30.3 Å². The Hall–Kier alpha value is -2.37. The van der Waals surface area contributed by atoms with Gasteiger partial charge in [0.15, 0.2) is 0 Å². The monoisotopic (exact) mass is 305 g/mol. The fraction of sp³-hybridized carbons (Fsp3) is 0.438. The molecular formula is C16H20N2O4. The maximum atomic E-state index is 12.4. The molecule has 1 atom stereocenters. The highest BCUT2D eigenvalue weighted by atomic mass is 16.4. The van der Waals surface area contributed by atoms with Gasteiger partial charge in [-0.3, -0.25) is 9.59 Å². The summed E-state index contributed by atoms with van der Waals surface area (Å²) >= 11 is 0. The van der Waals surface area contributed by atoms with E-state index in [9.17, 15) is 19.5 Å². The smallest absolute Gasteiger partial charge is 0.326 e. The van der Waals surface area contributed by atoms with Crippen molar-refractivity contribution in [1.29, 1.82) is 0 Å². The summed E-state index contributed by atoms with van der Waals surface area (Å²) in [6, 6.07) is 5.66. The average Bonchev–Trinajstić information content (AvgIpc) is 3.29.